The minimum absolute atomic E-state index is 0.287. The Morgan fingerprint density at radius 3 is 2.67 bits per heavy atom. The van der Waals surface area contributed by atoms with E-state index in [1.54, 1.807) is 18.5 Å². The summed E-state index contributed by atoms with van der Waals surface area (Å²) in [6, 6.07) is 8.68. The molecule has 1 aromatic carbocycles. The Balaban J connectivity index is 2.02. The summed E-state index contributed by atoms with van der Waals surface area (Å²) in [4.78, 5) is 21.3. The van der Waals surface area contributed by atoms with Gasteiger partial charge in [-0.15, -0.1) is 0 Å². The smallest absolute Gasteiger partial charge is 0.273 e. The Bertz CT molecular complexity index is 1180. The molecule has 7 heteroatoms. The maximum atomic E-state index is 13.8. The number of fused-ring (bicyclic) bond motifs is 1. The third-order valence-corrected chi connectivity index (χ3v) is 4.36. The van der Waals surface area contributed by atoms with Crippen LogP contribution in [-0.2, 0) is 6.42 Å². The largest absolute Gasteiger partial charge is 0.293 e. The predicted octanol–water partition coefficient (Wildman–Crippen LogP) is 3.98. The zero-order chi connectivity index (χ0) is 19.0. The van der Waals surface area contributed by atoms with Crippen molar-refractivity contribution in [3.05, 3.63) is 76.5 Å². The van der Waals surface area contributed by atoms with Gasteiger partial charge in [0, 0.05) is 35.3 Å². The van der Waals surface area contributed by atoms with Gasteiger partial charge in [-0.05, 0) is 36.2 Å². The van der Waals surface area contributed by atoms with Gasteiger partial charge in [-0.2, -0.15) is 0 Å². The van der Waals surface area contributed by atoms with Crippen LogP contribution in [0.3, 0.4) is 0 Å². The van der Waals surface area contributed by atoms with Crippen LogP contribution in [0.2, 0.25) is 0 Å². The van der Waals surface area contributed by atoms with Crippen molar-refractivity contribution in [1.82, 2.24) is 19.6 Å². The first-order valence-corrected chi connectivity index (χ1v) is 8.59. The number of benzene rings is 1. The van der Waals surface area contributed by atoms with E-state index in [1.807, 2.05) is 13.0 Å². The first-order valence-electron chi connectivity index (χ1n) is 8.59. The van der Waals surface area contributed by atoms with Gasteiger partial charge in [-0.1, -0.05) is 19.4 Å². The van der Waals surface area contributed by atoms with E-state index in [-0.39, 0.29) is 5.56 Å². The summed E-state index contributed by atoms with van der Waals surface area (Å²) in [5.41, 5.74) is 3.06. The topological polar surface area (TPSA) is 63.0 Å². The summed E-state index contributed by atoms with van der Waals surface area (Å²) < 4.78 is 28.6. The summed E-state index contributed by atoms with van der Waals surface area (Å²) in [7, 11) is 0. The third kappa shape index (κ3) is 3.01. The number of hydrogen-bond donors (Lipinski definition) is 1. The maximum absolute atomic E-state index is 13.8. The fraction of sp³-hybridized carbons (Fsp3) is 0.150. The Morgan fingerprint density at radius 2 is 1.96 bits per heavy atom. The Morgan fingerprint density at radius 1 is 1.11 bits per heavy atom. The normalized spacial score (nSPS) is 11.2. The highest BCUT2D eigenvalue weighted by atomic mass is 19.2. The Kier molecular flexibility index (Phi) is 4.27. The molecule has 0 bridgehead atoms. The number of hydrogen-bond acceptors (Lipinski definition) is 3. The van der Waals surface area contributed by atoms with Crippen LogP contribution < -0.4 is 5.56 Å². The van der Waals surface area contributed by atoms with E-state index in [4.69, 9.17) is 0 Å². The van der Waals surface area contributed by atoms with Gasteiger partial charge in [0.05, 0.1) is 5.69 Å². The fourth-order valence-corrected chi connectivity index (χ4v) is 3.13. The molecule has 0 fully saturated rings. The van der Waals surface area contributed by atoms with Crippen LogP contribution in [0.5, 0.6) is 0 Å². The lowest BCUT2D eigenvalue weighted by atomic mass is 10.0. The average molecular weight is 366 g/mol. The molecule has 5 nitrogen and oxygen atoms in total. The third-order valence-electron chi connectivity index (χ3n) is 4.36. The fourth-order valence-electron chi connectivity index (χ4n) is 3.13. The molecular formula is C20H16F2N4O. The number of nitrogens with zero attached hydrogens (tertiary/aromatic N) is 3. The number of H-pyrrole nitrogens is 1. The molecule has 0 amide bonds. The Hall–Kier alpha value is -3.35. The lowest BCUT2D eigenvalue weighted by Crippen LogP contribution is -2.14. The van der Waals surface area contributed by atoms with Gasteiger partial charge in [-0.25, -0.2) is 18.3 Å². The monoisotopic (exact) mass is 366 g/mol. The summed E-state index contributed by atoms with van der Waals surface area (Å²) >= 11 is 0. The molecule has 1 N–H and O–H groups in total. The number of aryl methyl sites for hydroxylation is 1. The highest BCUT2D eigenvalue weighted by Gasteiger charge is 2.18. The number of nitrogens with one attached hydrogen (secondary N) is 1. The molecule has 3 aromatic heterocycles. The molecule has 0 aliphatic rings. The molecule has 0 saturated heterocycles. The second-order valence-electron chi connectivity index (χ2n) is 6.22. The first kappa shape index (κ1) is 17.1. The van der Waals surface area contributed by atoms with E-state index in [9.17, 15) is 13.6 Å². The Labute approximate surface area is 153 Å². The van der Waals surface area contributed by atoms with Crippen molar-refractivity contribution in [2.75, 3.05) is 0 Å². The van der Waals surface area contributed by atoms with Gasteiger partial charge in [0.2, 0.25) is 0 Å². The van der Waals surface area contributed by atoms with E-state index >= 15 is 0 Å². The molecule has 27 heavy (non-hydrogen) atoms. The van der Waals surface area contributed by atoms with Crippen LogP contribution in [-0.4, -0.2) is 19.6 Å². The molecular weight excluding hydrogens is 350 g/mol. The zero-order valence-electron chi connectivity index (χ0n) is 14.5. The van der Waals surface area contributed by atoms with Gasteiger partial charge >= 0.3 is 0 Å². The molecule has 0 spiro atoms. The minimum Gasteiger partial charge on any atom is -0.293 e. The molecule has 3 heterocycles. The number of halogens is 2. The van der Waals surface area contributed by atoms with Gasteiger partial charge in [0.1, 0.15) is 0 Å². The number of rotatable bonds is 4. The predicted molar refractivity (Wildman–Crippen MR) is 98.4 cm³/mol. The number of pyridine rings is 1. The molecule has 0 aliphatic carbocycles. The van der Waals surface area contributed by atoms with Gasteiger partial charge in [0.25, 0.3) is 5.56 Å². The van der Waals surface area contributed by atoms with Gasteiger partial charge in [0.15, 0.2) is 17.3 Å². The van der Waals surface area contributed by atoms with Crippen molar-refractivity contribution in [3.8, 4) is 22.4 Å². The molecule has 0 atom stereocenters. The summed E-state index contributed by atoms with van der Waals surface area (Å²) in [6.45, 7) is 2.00. The van der Waals surface area contributed by atoms with Crippen molar-refractivity contribution < 1.29 is 8.78 Å². The average Bonchev–Trinajstić information content (AvgIpc) is 3.04. The molecule has 0 aliphatic heterocycles. The standard InChI is InChI=1S/C20H16F2N4O/c1-2-4-16-19(12-6-7-14(21)15(22)9-12)20-24-17(10-18(27)26(20)25-16)13-5-3-8-23-11-13/h3,5-11,25H,2,4H2,1H3. The van der Waals surface area contributed by atoms with Crippen LogP contribution in [0.25, 0.3) is 28.0 Å². The van der Waals surface area contributed by atoms with Crippen molar-refractivity contribution in [2.24, 2.45) is 0 Å². The molecule has 4 aromatic rings. The van der Waals surface area contributed by atoms with Gasteiger partial charge < -0.3 is 0 Å². The second-order valence-corrected chi connectivity index (χ2v) is 6.22. The van der Waals surface area contributed by atoms with Gasteiger partial charge in [-0.3, -0.25) is 14.9 Å². The second kappa shape index (κ2) is 6.75. The van der Waals surface area contributed by atoms with Crippen molar-refractivity contribution >= 4 is 5.65 Å². The molecule has 0 radical (unpaired) electrons. The van der Waals surface area contributed by atoms with Crippen LogP contribution in [0.1, 0.15) is 19.0 Å². The molecule has 4 rings (SSSR count). The van der Waals surface area contributed by atoms with Crippen LogP contribution >= 0.6 is 0 Å². The lowest BCUT2D eigenvalue weighted by Gasteiger charge is -2.05. The summed E-state index contributed by atoms with van der Waals surface area (Å²) in [5, 5.41) is 3.05. The van der Waals surface area contributed by atoms with E-state index in [2.05, 4.69) is 15.1 Å². The molecule has 0 saturated carbocycles. The van der Waals surface area contributed by atoms with E-state index < -0.39 is 11.6 Å². The van der Waals surface area contributed by atoms with E-state index in [0.717, 1.165) is 24.2 Å². The first-order chi connectivity index (χ1) is 13.1. The number of aromatic amines is 1. The van der Waals surface area contributed by atoms with Crippen molar-refractivity contribution in [1.29, 1.82) is 0 Å². The summed E-state index contributed by atoms with van der Waals surface area (Å²) in [5.74, 6) is -1.86. The highest BCUT2D eigenvalue weighted by Crippen LogP contribution is 2.30. The SMILES string of the molecule is CCCc1[nH]n2c(=O)cc(-c3cccnc3)nc2c1-c1ccc(F)c(F)c1. The minimum atomic E-state index is -0.944. The van der Waals surface area contributed by atoms with Crippen LogP contribution in [0.15, 0.2) is 53.6 Å². The van der Waals surface area contributed by atoms with E-state index in [0.29, 0.717) is 34.5 Å². The zero-order valence-corrected chi connectivity index (χ0v) is 14.5. The number of aromatic nitrogens is 4. The lowest BCUT2D eigenvalue weighted by molar-refractivity contribution is 0.509. The van der Waals surface area contributed by atoms with Crippen molar-refractivity contribution in [3.63, 3.8) is 0 Å². The van der Waals surface area contributed by atoms with Crippen LogP contribution in [0.4, 0.5) is 8.78 Å². The highest BCUT2D eigenvalue weighted by molar-refractivity contribution is 5.81. The van der Waals surface area contributed by atoms with Crippen LogP contribution in [0, 0.1) is 11.6 Å². The molecule has 0 unspecified atom stereocenters. The van der Waals surface area contributed by atoms with E-state index in [1.165, 1.54) is 16.6 Å². The summed E-state index contributed by atoms with van der Waals surface area (Å²) in [6.07, 6.45) is 4.71. The molecule has 136 valence electrons. The quantitative estimate of drug-likeness (QED) is 0.594. The van der Waals surface area contributed by atoms with Crippen molar-refractivity contribution in [2.45, 2.75) is 19.8 Å². The maximum Gasteiger partial charge on any atom is 0.273 e.